The summed E-state index contributed by atoms with van der Waals surface area (Å²) in [5.74, 6) is 0.0649. The SMILES string of the molecule is NC(CCC(=O)O)CC1CC1. The molecule has 1 rings (SSSR count). The van der Waals surface area contributed by atoms with Crippen LogP contribution in [0.4, 0.5) is 0 Å². The van der Waals surface area contributed by atoms with Gasteiger partial charge in [0.15, 0.2) is 0 Å². The van der Waals surface area contributed by atoms with Crippen LogP contribution >= 0.6 is 0 Å². The maximum absolute atomic E-state index is 10.1. The Morgan fingerprint density at radius 1 is 1.64 bits per heavy atom. The Labute approximate surface area is 66.6 Å². The number of carboxylic acids is 1. The van der Waals surface area contributed by atoms with Crippen molar-refractivity contribution in [3.63, 3.8) is 0 Å². The minimum Gasteiger partial charge on any atom is -0.481 e. The highest BCUT2D eigenvalue weighted by molar-refractivity contribution is 5.66. The van der Waals surface area contributed by atoms with Gasteiger partial charge in [0.2, 0.25) is 0 Å². The molecule has 0 aromatic rings. The summed E-state index contributed by atoms with van der Waals surface area (Å²) in [6.07, 6.45) is 4.45. The third kappa shape index (κ3) is 3.98. The fourth-order valence-electron chi connectivity index (χ4n) is 1.21. The monoisotopic (exact) mass is 157 g/mol. The van der Waals surface area contributed by atoms with Crippen LogP contribution < -0.4 is 5.73 Å². The number of rotatable bonds is 5. The predicted molar refractivity (Wildman–Crippen MR) is 42.2 cm³/mol. The highest BCUT2D eigenvalue weighted by atomic mass is 16.4. The topological polar surface area (TPSA) is 63.3 Å². The summed E-state index contributed by atoms with van der Waals surface area (Å²) in [6.45, 7) is 0. The van der Waals surface area contributed by atoms with Crippen molar-refractivity contribution in [2.45, 2.75) is 38.1 Å². The average molecular weight is 157 g/mol. The second kappa shape index (κ2) is 3.72. The Bertz CT molecular complexity index is 143. The molecule has 0 aromatic carbocycles. The van der Waals surface area contributed by atoms with Gasteiger partial charge in [0.25, 0.3) is 0 Å². The molecule has 0 amide bonds. The molecule has 3 heteroatoms. The van der Waals surface area contributed by atoms with Crippen molar-refractivity contribution in [1.29, 1.82) is 0 Å². The second-order valence-electron chi connectivity index (χ2n) is 3.37. The zero-order chi connectivity index (χ0) is 8.27. The Kier molecular flexibility index (Phi) is 2.88. The first-order valence-corrected chi connectivity index (χ1v) is 4.16. The van der Waals surface area contributed by atoms with Crippen molar-refractivity contribution in [3.8, 4) is 0 Å². The van der Waals surface area contributed by atoms with Crippen molar-refractivity contribution >= 4 is 5.97 Å². The van der Waals surface area contributed by atoms with E-state index < -0.39 is 5.97 Å². The molecule has 0 aliphatic heterocycles. The Morgan fingerprint density at radius 3 is 2.73 bits per heavy atom. The molecule has 0 spiro atoms. The Balaban J connectivity index is 1.99. The summed E-state index contributed by atoms with van der Waals surface area (Å²) < 4.78 is 0. The zero-order valence-electron chi connectivity index (χ0n) is 6.62. The van der Waals surface area contributed by atoms with Crippen molar-refractivity contribution in [1.82, 2.24) is 0 Å². The van der Waals surface area contributed by atoms with Gasteiger partial charge in [-0.05, 0) is 18.8 Å². The quantitative estimate of drug-likeness (QED) is 0.625. The minimum absolute atomic E-state index is 0.110. The van der Waals surface area contributed by atoms with E-state index in [1.54, 1.807) is 0 Å². The minimum atomic E-state index is -0.740. The molecule has 0 heterocycles. The van der Waals surface area contributed by atoms with Crippen LogP contribution in [0.1, 0.15) is 32.1 Å². The van der Waals surface area contributed by atoms with E-state index in [1.807, 2.05) is 0 Å². The number of carboxylic acid groups (broad SMARTS) is 1. The third-order valence-electron chi connectivity index (χ3n) is 2.06. The first kappa shape index (κ1) is 8.53. The third-order valence-corrected chi connectivity index (χ3v) is 2.06. The normalized spacial score (nSPS) is 19.7. The maximum Gasteiger partial charge on any atom is 0.303 e. The van der Waals surface area contributed by atoms with Gasteiger partial charge in [-0.2, -0.15) is 0 Å². The Morgan fingerprint density at radius 2 is 2.27 bits per heavy atom. The molecule has 0 saturated heterocycles. The highest BCUT2D eigenvalue weighted by Gasteiger charge is 2.23. The standard InChI is InChI=1S/C8H15NO2/c9-7(3-4-8(10)11)5-6-1-2-6/h6-7H,1-5,9H2,(H,10,11). The van der Waals surface area contributed by atoms with E-state index in [1.165, 1.54) is 12.8 Å². The summed E-state index contributed by atoms with van der Waals surface area (Å²) in [4.78, 5) is 10.1. The molecule has 0 bridgehead atoms. The summed E-state index contributed by atoms with van der Waals surface area (Å²) in [5, 5.41) is 8.36. The molecule has 0 radical (unpaired) electrons. The van der Waals surface area contributed by atoms with Crippen LogP contribution in [-0.2, 0) is 4.79 Å². The van der Waals surface area contributed by atoms with Crippen molar-refractivity contribution in [2.75, 3.05) is 0 Å². The number of hydrogen-bond acceptors (Lipinski definition) is 2. The zero-order valence-corrected chi connectivity index (χ0v) is 6.62. The van der Waals surface area contributed by atoms with Gasteiger partial charge in [-0.3, -0.25) is 4.79 Å². The molecule has 1 fully saturated rings. The van der Waals surface area contributed by atoms with Crippen LogP contribution in [0.5, 0.6) is 0 Å². The number of nitrogens with two attached hydrogens (primary N) is 1. The smallest absolute Gasteiger partial charge is 0.303 e. The molecule has 1 unspecified atom stereocenters. The van der Waals surface area contributed by atoms with Gasteiger partial charge in [0, 0.05) is 12.5 Å². The van der Waals surface area contributed by atoms with Crippen LogP contribution in [-0.4, -0.2) is 17.1 Å². The highest BCUT2D eigenvalue weighted by Crippen LogP contribution is 2.33. The molecule has 1 atom stereocenters. The van der Waals surface area contributed by atoms with E-state index in [4.69, 9.17) is 10.8 Å². The van der Waals surface area contributed by atoms with Crippen molar-refractivity contribution in [3.05, 3.63) is 0 Å². The lowest BCUT2D eigenvalue weighted by molar-refractivity contribution is -0.137. The van der Waals surface area contributed by atoms with Gasteiger partial charge in [-0.1, -0.05) is 12.8 Å². The van der Waals surface area contributed by atoms with E-state index in [0.717, 1.165) is 12.3 Å². The largest absolute Gasteiger partial charge is 0.481 e. The van der Waals surface area contributed by atoms with Gasteiger partial charge in [0.05, 0.1) is 0 Å². The van der Waals surface area contributed by atoms with Gasteiger partial charge in [-0.25, -0.2) is 0 Å². The van der Waals surface area contributed by atoms with Gasteiger partial charge in [0.1, 0.15) is 0 Å². The molecule has 64 valence electrons. The first-order valence-electron chi connectivity index (χ1n) is 4.16. The summed E-state index contributed by atoms with van der Waals surface area (Å²) in [6, 6.07) is 0.110. The molecule has 3 N–H and O–H groups in total. The first-order chi connectivity index (χ1) is 5.18. The molecular weight excluding hydrogens is 142 g/mol. The van der Waals surface area contributed by atoms with Crippen molar-refractivity contribution < 1.29 is 9.90 Å². The van der Waals surface area contributed by atoms with E-state index >= 15 is 0 Å². The summed E-state index contributed by atoms with van der Waals surface area (Å²) in [5.41, 5.74) is 5.70. The van der Waals surface area contributed by atoms with Gasteiger partial charge >= 0.3 is 5.97 Å². The van der Waals surface area contributed by atoms with Crippen LogP contribution in [0.2, 0.25) is 0 Å². The van der Waals surface area contributed by atoms with Crippen LogP contribution in [0.25, 0.3) is 0 Å². The van der Waals surface area contributed by atoms with Gasteiger partial charge < -0.3 is 10.8 Å². The fourth-order valence-corrected chi connectivity index (χ4v) is 1.21. The molecule has 3 nitrogen and oxygen atoms in total. The predicted octanol–water partition coefficient (Wildman–Crippen LogP) is 0.979. The van der Waals surface area contributed by atoms with E-state index in [9.17, 15) is 4.79 Å². The number of aliphatic carboxylic acids is 1. The lowest BCUT2D eigenvalue weighted by atomic mass is 10.1. The lowest BCUT2D eigenvalue weighted by Crippen LogP contribution is -2.21. The van der Waals surface area contributed by atoms with E-state index in [-0.39, 0.29) is 12.5 Å². The fraction of sp³-hybridized carbons (Fsp3) is 0.875. The van der Waals surface area contributed by atoms with Crippen LogP contribution in [0.15, 0.2) is 0 Å². The average Bonchev–Trinajstić information content (AvgIpc) is 2.67. The molecular formula is C8H15NO2. The number of hydrogen-bond donors (Lipinski definition) is 2. The van der Waals surface area contributed by atoms with Gasteiger partial charge in [-0.15, -0.1) is 0 Å². The van der Waals surface area contributed by atoms with Crippen LogP contribution in [0.3, 0.4) is 0 Å². The molecule has 1 saturated carbocycles. The lowest BCUT2D eigenvalue weighted by Gasteiger charge is -2.07. The summed E-state index contributed by atoms with van der Waals surface area (Å²) >= 11 is 0. The van der Waals surface area contributed by atoms with E-state index in [2.05, 4.69) is 0 Å². The number of carbonyl (C=O) groups is 1. The van der Waals surface area contributed by atoms with E-state index in [0.29, 0.717) is 6.42 Å². The molecule has 1 aliphatic carbocycles. The summed E-state index contributed by atoms with van der Waals surface area (Å²) in [7, 11) is 0. The maximum atomic E-state index is 10.1. The second-order valence-corrected chi connectivity index (χ2v) is 3.37. The van der Waals surface area contributed by atoms with Crippen molar-refractivity contribution in [2.24, 2.45) is 11.7 Å². The molecule has 11 heavy (non-hydrogen) atoms. The molecule has 1 aliphatic rings. The molecule has 0 aromatic heterocycles. The van der Waals surface area contributed by atoms with Crippen LogP contribution in [0, 0.1) is 5.92 Å². The Hall–Kier alpha value is -0.570.